The molecular formula is C18H30N2O3. The number of rotatable bonds is 6. The number of carbonyl (C=O) groups is 2. The number of carboxylic acids is 1. The lowest BCUT2D eigenvalue weighted by molar-refractivity contribution is -0.905. The van der Waals surface area contributed by atoms with E-state index in [-0.39, 0.29) is 18.3 Å². The van der Waals surface area contributed by atoms with E-state index in [0.717, 1.165) is 45.3 Å². The second-order valence-corrected chi connectivity index (χ2v) is 7.79. The average molecular weight is 322 g/mol. The Morgan fingerprint density at radius 1 is 1.04 bits per heavy atom. The van der Waals surface area contributed by atoms with E-state index in [2.05, 4.69) is 0 Å². The predicted molar refractivity (Wildman–Crippen MR) is 84.6 cm³/mol. The van der Waals surface area contributed by atoms with Crippen molar-refractivity contribution in [1.29, 1.82) is 0 Å². The topological polar surface area (TPSA) is 64.9 Å². The van der Waals surface area contributed by atoms with E-state index in [1.807, 2.05) is 4.90 Å². The van der Waals surface area contributed by atoms with E-state index < -0.39 is 5.97 Å². The van der Waals surface area contributed by atoms with Crippen LogP contribution in [0.5, 0.6) is 0 Å². The van der Waals surface area contributed by atoms with Crippen LogP contribution in [0.25, 0.3) is 0 Å². The highest BCUT2D eigenvalue weighted by atomic mass is 16.4. The molecule has 130 valence electrons. The number of aliphatic carboxylic acids is 1. The van der Waals surface area contributed by atoms with Crippen molar-refractivity contribution in [3.8, 4) is 0 Å². The molecule has 0 radical (unpaired) electrons. The molecule has 1 N–H and O–H groups in total. The molecule has 0 aromatic heterocycles. The van der Waals surface area contributed by atoms with Crippen LogP contribution in [0.4, 0.5) is 0 Å². The van der Waals surface area contributed by atoms with Crippen molar-refractivity contribution in [1.82, 2.24) is 4.90 Å². The van der Waals surface area contributed by atoms with E-state index in [9.17, 15) is 14.7 Å². The van der Waals surface area contributed by atoms with Gasteiger partial charge in [0.05, 0.1) is 19.6 Å². The molecule has 5 heteroatoms. The number of nitrogens with zero attached hydrogens (tertiary/aromatic N) is 1. The molecule has 2 saturated heterocycles. The summed E-state index contributed by atoms with van der Waals surface area (Å²) in [6.45, 7) is 5.13. The highest BCUT2D eigenvalue weighted by molar-refractivity contribution is 5.81. The summed E-state index contributed by atoms with van der Waals surface area (Å²) in [4.78, 5) is 27.1. The van der Waals surface area contributed by atoms with Crippen molar-refractivity contribution in [2.45, 2.75) is 51.4 Å². The van der Waals surface area contributed by atoms with Gasteiger partial charge in [-0.2, -0.15) is 0 Å². The molecule has 0 unspecified atom stereocenters. The molecule has 3 fully saturated rings. The lowest BCUT2D eigenvalue weighted by Gasteiger charge is -2.39. The summed E-state index contributed by atoms with van der Waals surface area (Å²) >= 11 is 0. The van der Waals surface area contributed by atoms with Crippen molar-refractivity contribution < 1.29 is 19.6 Å². The number of carboxylic acid groups (broad SMARTS) is 1. The Hall–Kier alpha value is -1.10. The Balaban J connectivity index is 1.55. The van der Waals surface area contributed by atoms with Crippen LogP contribution in [-0.4, -0.2) is 49.5 Å². The lowest BCUT2D eigenvalue weighted by atomic mass is 9.81. The van der Waals surface area contributed by atoms with Gasteiger partial charge in [0.15, 0.2) is 0 Å². The first kappa shape index (κ1) is 16.7. The molecule has 1 amide bonds. The zero-order valence-electron chi connectivity index (χ0n) is 14.1. The molecule has 1 saturated carbocycles. The first-order valence-corrected chi connectivity index (χ1v) is 9.45. The fourth-order valence-electron chi connectivity index (χ4n) is 4.37. The van der Waals surface area contributed by atoms with Crippen molar-refractivity contribution in [3.05, 3.63) is 0 Å². The number of likely N-dealkylation sites (tertiary alicyclic amines) is 2. The van der Waals surface area contributed by atoms with Gasteiger partial charge in [0, 0.05) is 31.4 Å². The quantitative estimate of drug-likeness (QED) is 0.714. The predicted octanol–water partition coefficient (Wildman–Crippen LogP) is -0.540. The van der Waals surface area contributed by atoms with Gasteiger partial charge in [0.25, 0.3) is 0 Å². The van der Waals surface area contributed by atoms with Crippen molar-refractivity contribution in [2.75, 3.05) is 32.7 Å². The molecule has 5 nitrogen and oxygen atoms in total. The van der Waals surface area contributed by atoms with E-state index in [1.165, 1.54) is 32.4 Å². The maximum Gasteiger partial charge on any atom is 0.225 e. The Kier molecular flexibility index (Phi) is 5.57. The molecule has 2 heterocycles. The van der Waals surface area contributed by atoms with Gasteiger partial charge in [0.1, 0.15) is 0 Å². The van der Waals surface area contributed by atoms with E-state index in [1.54, 1.807) is 4.90 Å². The SMILES string of the molecule is O=C([O-])C[C@@H]1CCN(C(=O)C2CC2)C[C@@H]1CC[NH+]1CCCCC1. The molecule has 23 heavy (non-hydrogen) atoms. The van der Waals surface area contributed by atoms with Crippen LogP contribution >= 0.6 is 0 Å². The van der Waals surface area contributed by atoms with Gasteiger partial charge in [-0.3, -0.25) is 4.79 Å². The molecule has 2 atom stereocenters. The zero-order valence-corrected chi connectivity index (χ0v) is 14.1. The van der Waals surface area contributed by atoms with Gasteiger partial charge < -0.3 is 19.7 Å². The number of quaternary nitrogens is 1. The van der Waals surface area contributed by atoms with Crippen LogP contribution in [0, 0.1) is 17.8 Å². The van der Waals surface area contributed by atoms with Crippen molar-refractivity contribution in [3.63, 3.8) is 0 Å². The largest absolute Gasteiger partial charge is 0.550 e. The number of nitrogens with one attached hydrogen (secondary N) is 1. The standard InChI is InChI=1S/C18H30N2O3/c21-17(22)12-15-7-11-20(18(23)14-4-5-14)13-16(15)6-10-19-8-2-1-3-9-19/h14-16H,1-13H2,(H,21,22)/t15-,16-/m0/s1. The normalized spacial score (nSPS) is 29.5. The first-order chi connectivity index (χ1) is 11.1. The minimum absolute atomic E-state index is 0.158. The van der Waals surface area contributed by atoms with Crippen LogP contribution in [0.15, 0.2) is 0 Å². The summed E-state index contributed by atoms with van der Waals surface area (Å²) in [5.74, 6) is 0.159. The van der Waals surface area contributed by atoms with E-state index in [0.29, 0.717) is 11.8 Å². The zero-order chi connectivity index (χ0) is 16.2. The molecule has 2 aliphatic heterocycles. The minimum atomic E-state index is -0.938. The second kappa shape index (κ2) is 7.65. The van der Waals surface area contributed by atoms with Gasteiger partial charge in [-0.05, 0) is 56.8 Å². The molecule has 0 bridgehead atoms. The maximum atomic E-state index is 12.3. The number of carbonyl (C=O) groups excluding carboxylic acids is 2. The molecule has 3 rings (SSSR count). The van der Waals surface area contributed by atoms with Crippen LogP contribution in [0.2, 0.25) is 0 Å². The summed E-state index contributed by atoms with van der Waals surface area (Å²) in [6, 6.07) is 0. The number of amides is 1. The van der Waals surface area contributed by atoms with E-state index >= 15 is 0 Å². The third-order valence-electron chi connectivity index (χ3n) is 5.99. The fourth-order valence-corrected chi connectivity index (χ4v) is 4.37. The van der Waals surface area contributed by atoms with Crippen molar-refractivity contribution in [2.24, 2.45) is 17.8 Å². The Morgan fingerprint density at radius 3 is 2.43 bits per heavy atom. The van der Waals surface area contributed by atoms with Crippen LogP contribution in [-0.2, 0) is 9.59 Å². The summed E-state index contributed by atoms with van der Waals surface area (Å²) in [5.41, 5.74) is 0. The van der Waals surface area contributed by atoms with Gasteiger partial charge in [-0.15, -0.1) is 0 Å². The second-order valence-electron chi connectivity index (χ2n) is 7.79. The van der Waals surface area contributed by atoms with Gasteiger partial charge in [-0.25, -0.2) is 0 Å². The Labute approximate surface area is 139 Å². The van der Waals surface area contributed by atoms with Crippen LogP contribution in [0.3, 0.4) is 0 Å². The molecule has 1 aliphatic carbocycles. The summed E-state index contributed by atoms with van der Waals surface area (Å²) in [7, 11) is 0. The van der Waals surface area contributed by atoms with Crippen molar-refractivity contribution >= 4 is 11.9 Å². The van der Waals surface area contributed by atoms with Gasteiger partial charge >= 0.3 is 0 Å². The Morgan fingerprint density at radius 2 is 1.78 bits per heavy atom. The number of hydrogen-bond donors (Lipinski definition) is 1. The highest BCUT2D eigenvalue weighted by Gasteiger charge is 2.38. The van der Waals surface area contributed by atoms with Crippen LogP contribution in [0.1, 0.15) is 51.4 Å². The van der Waals surface area contributed by atoms with Gasteiger partial charge in [0.2, 0.25) is 5.91 Å². The molecule has 0 aromatic carbocycles. The summed E-state index contributed by atoms with van der Waals surface area (Å²) < 4.78 is 0. The fraction of sp³-hybridized carbons (Fsp3) is 0.889. The molecular weight excluding hydrogens is 292 g/mol. The van der Waals surface area contributed by atoms with Gasteiger partial charge in [-0.1, -0.05) is 0 Å². The smallest absolute Gasteiger partial charge is 0.225 e. The molecule has 0 spiro atoms. The molecule has 0 aromatic rings. The monoisotopic (exact) mass is 322 g/mol. The molecule has 3 aliphatic rings. The van der Waals surface area contributed by atoms with E-state index in [4.69, 9.17) is 0 Å². The summed E-state index contributed by atoms with van der Waals surface area (Å²) in [5, 5.41) is 11.1. The van der Waals surface area contributed by atoms with Crippen LogP contribution < -0.4 is 10.0 Å². The summed E-state index contributed by atoms with van der Waals surface area (Å²) in [6.07, 6.45) is 8.09. The maximum absolute atomic E-state index is 12.3. The Bertz CT molecular complexity index is 430. The average Bonchev–Trinajstić information content (AvgIpc) is 3.38. The first-order valence-electron chi connectivity index (χ1n) is 9.45. The minimum Gasteiger partial charge on any atom is -0.550 e. The highest BCUT2D eigenvalue weighted by Crippen LogP contribution is 2.35. The lowest BCUT2D eigenvalue weighted by Crippen LogP contribution is -3.12. The third kappa shape index (κ3) is 4.69. The number of hydrogen-bond acceptors (Lipinski definition) is 3. The third-order valence-corrected chi connectivity index (χ3v) is 5.99. The number of piperidine rings is 2.